The second-order valence-corrected chi connectivity index (χ2v) is 5.94. The van der Waals surface area contributed by atoms with Crippen LogP contribution in [0.3, 0.4) is 0 Å². The van der Waals surface area contributed by atoms with E-state index >= 15 is 0 Å². The minimum absolute atomic E-state index is 0.0210. The van der Waals surface area contributed by atoms with Crippen LogP contribution in [-0.4, -0.2) is 18.2 Å². The highest BCUT2D eigenvalue weighted by atomic mass is 79.9. The molecule has 0 unspecified atom stereocenters. The van der Waals surface area contributed by atoms with Gasteiger partial charge in [-0.15, -0.1) is 0 Å². The Morgan fingerprint density at radius 2 is 2.15 bits per heavy atom. The van der Waals surface area contributed by atoms with E-state index in [2.05, 4.69) is 33.4 Å². The van der Waals surface area contributed by atoms with Crippen LogP contribution in [0.1, 0.15) is 32.6 Å². The first kappa shape index (κ1) is 15.0. The smallest absolute Gasteiger partial charge is 0.277 e. The number of nitrogens with zero attached hydrogens (tertiary/aromatic N) is 1. The molecule has 0 heterocycles. The summed E-state index contributed by atoms with van der Waals surface area (Å²) >= 11 is 3.35. The number of hydrazone groups is 1. The van der Waals surface area contributed by atoms with Gasteiger partial charge >= 0.3 is 0 Å². The molecule has 1 aliphatic carbocycles. The number of halogens is 1. The van der Waals surface area contributed by atoms with Crippen LogP contribution in [0.4, 0.5) is 0 Å². The van der Waals surface area contributed by atoms with Crippen LogP contribution in [0.25, 0.3) is 0 Å². The van der Waals surface area contributed by atoms with Gasteiger partial charge in [0.05, 0.1) is 0 Å². The Kier molecular flexibility index (Phi) is 5.59. The minimum Gasteiger partial charge on any atom is -0.484 e. The van der Waals surface area contributed by atoms with Gasteiger partial charge in [0.15, 0.2) is 6.61 Å². The summed E-state index contributed by atoms with van der Waals surface area (Å²) in [6, 6.07) is 7.37. The largest absolute Gasteiger partial charge is 0.484 e. The van der Waals surface area contributed by atoms with Crippen molar-refractivity contribution in [2.75, 3.05) is 6.61 Å². The summed E-state index contributed by atoms with van der Waals surface area (Å²) in [6.45, 7) is 2.13. The zero-order valence-electron chi connectivity index (χ0n) is 11.6. The predicted octanol–water partition coefficient (Wildman–Crippen LogP) is 3.51. The lowest BCUT2D eigenvalue weighted by Gasteiger charge is -2.19. The second kappa shape index (κ2) is 7.43. The molecule has 1 N–H and O–H groups in total. The number of nitrogens with one attached hydrogen (secondary N) is 1. The van der Waals surface area contributed by atoms with E-state index in [-0.39, 0.29) is 12.5 Å². The van der Waals surface area contributed by atoms with E-state index in [1.807, 2.05) is 24.3 Å². The number of amides is 1. The molecule has 108 valence electrons. The van der Waals surface area contributed by atoms with Gasteiger partial charge in [-0.05, 0) is 49.4 Å². The molecule has 1 amide bonds. The van der Waals surface area contributed by atoms with E-state index in [1.165, 1.54) is 6.42 Å². The molecule has 0 aliphatic heterocycles. The number of carbonyl (C=O) groups excluding carboxylic acids is 1. The summed E-state index contributed by atoms with van der Waals surface area (Å²) in [5, 5.41) is 4.22. The van der Waals surface area contributed by atoms with Crippen LogP contribution in [0.15, 0.2) is 33.8 Å². The van der Waals surface area contributed by atoms with Crippen LogP contribution in [-0.2, 0) is 4.79 Å². The van der Waals surface area contributed by atoms with Crippen LogP contribution in [0.5, 0.6) is 5.75 Å². The fourth-order valence-corrected chi connectivity index (χ4v) is 2.45. The lowest BCUT2D eigenvalue weighted by molar-refractivity contribution is -0.123. The van der Waals surface area contributed by atoms with Crippen molar-refractivity contribution in [2.45, 2.75) is 32.6 Å². The maximum absolute atomic E-state index is 11.7. The van der Waals surface area contributed by atoms with Crippen molar-refractivity contribution in [2.24, 2.45) is 11.0 Å². The lowest BCUT2D eigenvalue weighted by Crippen LogP contribution is -2.28. The normalized spacial score (nSPS) is 20.7. The summed E-state index contributed by atoms with van der Waals surface area (Å²) in [6.07, 6.45) is 4.55. The van der Waals surface area contributed by atoms with Gasteiger partial charge in [0.1, 0.15) is 5.75 Å². The number of hydrogen-bond donors (Lipinski definition) is 1. The van der Waals surface area contributed by atoms with Crippen molar-refractivity contribution in [3.8, 4) is 5.75 Å². The van der Waals surface area contributed by atoms with Crippen molar-refractivity contribution in [3.63, 3.8) is 0 Å². The summed E-state index contributed by atoms with van der Waals surface area (Å²) in [5.74, 6) is 0.914. The van der Waals surface area contributed by atoms with Gasteiger partial charge < -0.3 is 4.74 Å². The molecule has 0 radical (unpaired) electrons. The molecule has 0 aromatic heterocycles. The molecule has 4 nitrogen and oxygen atoms in total. The Bertz CT molecular complexity index is 485. The zero-order valence-corrected chi connectivity index (χ0v) is 13.1. The molecule has 2 rings (SSSR count). The van der Waals surface area contributed by atoms with Gasteiger partial charge in [0.2, 0.25) is 0 Å². The standard InChI is InChI=1S/C15H19BrN2O2/c1-11-4-2-3-5-14(11)17-18-15(19)10-20-13-8-6-12(16)7-9-13/h6-9,11H,2-5,10H2,1H3,(H,18,19)/b17-14-/t11-/m1/s1. The predicted molar refractivity (Wildman–Crippen MR) is 82.8 cm³/mol. The first-order valence-corrected chi connectivity index (χ1v) is 7.68. The highest BCUT2D eigenvalue weighted by Gasteiger charge is 2.16. The average Bonchev–Trinajstić information content (AvgIpc) is 2.46. The van der Waals surface area contributed by atoms with Crippen molar-refractivity contribution in [1.82, 2.24) is 5.43 Å². The quantitative estimate of drug-likeness (QED) is 0.854. The number of carbonyl (C=O) groups is 1. The summed E-state index contributed by atoms with van der Waals surface area (Å²) < 4.78 is 6.37. The van der Waals surface area contributed by atoms with Crippen LogP contribution >= 0.6 is 15.9 Å². The van der Waals surface area contributed by atoms with Gasteiger partial charge in [-0.2, -0.15) is 5.10 Å². The van der Waals surface area contributed by atoms with Crippen molar-refractivity contribution in [1.29, 1.82) is 0 Å². The van der Waals surface area contributed by atoms with Gasteiger partial charge in [0.25, 0.3) is 5.91 Å². The van der Waals surface area contributed by atoms with E-state index in [0.717, 1.165) is 29.4 Å². The van der Waals surface area contributed by atoms with Crippen LogP contribution in [0.2, 0.25) is 0 Å². The Labute approximate surface area is 127 Å². The van der Waals surface area contributed by atoms with Gasteiger partial charge in [-0.1, -0.05) is 29.3 Å². The first-order chi connectivity index (χ1) is 9.65. The fraction of sp³-hybridized carbons (Fsp3) is 0.467. The topological polar surface area (TPSA) is 50.7 Å². The molecule has 20 heavy (non-hydrogen) atoms. The molecule has 1 atom stereocenters. The van der Waals surface area contributed by atoms with Crippen molar-refractivity contribution in [3.05, 3.63) is 28.7 Å². The Morgan fingerprint density at radius 3 is 2.85 bits per heavy atom. The molecule has 5 heteroatoms. The van der Waals surface area contributed by atoms with Gasteiger partial charge in [-0.25, -0.2) is 5.43 Å². The molecule has 1 aromatic carbocycles. The van der Waals surface area contributed by atoms with Crippen molar-refractivity contribution >= 4 is 27.5 Å². The molecule has 1 aromatic rings. The molecule has 1 aliphatic rings. The number of benzene rings is 1. The van der Waals surface area contributed by atoms with Crippen molar-refractivity contribution < 1.29 is 9.53 Å². The summed E-state index contributed by atoms with van der Waals surface area (Å²) in [7, 11) is 0. The fourth-order valence-electron chi connectivity index (χ4n) is 2.18. The van der Waals surface area contributed by atoms with Gasteiger partial charge in [-0.3, -0.25) is 4.79 Å². The van der Waals surface area contributed by atoms with Crippen LogP contribution in [0, 0.1) is 5.92 Å². The first-order valence-electron chi connectivity index (χ1n) is 6.89. The lowest BCUT2D eigenvalue weighted by atomic mass is 9.89. The molecule has 0 spiro atoms. The third-order valence-electron chi connectivity index (χ3n) is 3.40. The van der Waals surface area contributed by atoms with E-state index in [9.17, 15) is 4.79 Å². The zero-order chi connectivity index (χ0) is 14.4. The third kappa shape index (κ3) is 4.63. The summed E-state index contributed by atoms with van der Waals surface area (Å²) in [4.78, 5) is 11.7. The maximum Gasteiger partial charge on any atom is 0.277 e. The Balaban J connectivity index is 1.77. The van der Waals surface area contributed by atoms with E-state index < -0.39 is 0 Å². The monoisotopic (exact) mass is 338 g/mol. The SMILES string of the molecule is C[C@@H]1CCCC/C1=N/NC(=O)COc1ccc(Br)cc1. The molecule has 0 saturated heterocycles. The number of rotatable bonds is 4. The summed E-state index contributed by atoms with van der Waals surface area (Å²) in [5.41, 5.74) is 3.67. The maximum atomic E-state index is 11.7. The Hall–Kier alpha value is -1.36. The minimum atomic E-state index is -0.224. The van der Waals surface area contributed by atoms with Crippen LogP contribution < -0.4 is 10.2 Å². The van der Waals surface area contributed by atoms with E-state index in [0.29, 0.717) is 11.7 Å². The molecular formula is C15H19BrN2O2. The van der Waals surface area contributed by atoms with Gasteiger partial charge in [0, 0.05) is 10.2 Å². The third-order valence-corrected chi connectivity index (χ3v) is 3.93. The molecule has 1 saturated carbocycles. The van der Waals surface area contributed by atoms with E-state index in [4.69, 9.17) is 4.74 Å². The van der Waals surface area contributed by atoms with E-state index in [1.54, 1.807) is 0 Å². The number of ether oxygens (including phenoxy) is 1. The highest BCUT2D eigenvalue weighted by molar-refractivity contribution is 9.10. The molecule has 1 fully saturated rings. The average molecular weight is 339 g/mol. The Morgan fingerprint density at radius 1 is 1.40 bits per heavy atom. The number of hydrogen-bond acceptors (Lipinski definition) is 3. The molecule has 0 bridgehead atoms. The second-order valence-electron chi connectivity index (χ2n) is 5.03. The molecular weight excluding hydrogens is 320 g/mol. The highest BCUT2D eigenvalue weighted by Crippen LogP contribution is 2.20.